The number of hydrogen-bond donors (Lipinski definition) is 1. The van der Waals surface area contributed by atoms with E-state index in [9.17, 15) is 0 Å². The van der Waals surface area contributed by atoms with Crippen LogP contribution in [0.2, 0.25) is 0 Å². The van der Waals surface area contributed by atoms with Gasteiger partial charge in [-0.2, -0.15) is 4.37 Å². The topological polar surface area (TPSA) is 50.7 Å². The Morgan fingerprint density at radius 2 is 2.16 bits per heavy atom. The van der Waals surface area contributed by atoms with E-state index in [0.29, 0.717) is 6.04 Å². The zero-order valence-corrected chi connectivity index (χ0v) is 13.2. The molecule has 0 spiro atoms. The van der Waals surface area contributed by atoms with Crippen molar-refractivity contribution in [3.8, 4) is 0 Å². The Labute approximate surface area is 122 Å². The number of hydrogen-bond acceptors (Lipinski definition) is 6. The number of nitrogens with zero attached hydrogens (tertiary/aromatic N) is 3. The van der Waals surface area contributed by atoms with E-state index in [1.165, 1.54) is 22.7 Å². The van der Waals surface area contributed by atoms with Gasteiger partial charge >= 0.3 is 0 Å². The zero-order valence-electron chi connectivity index (χ0n) is 11.6. The summed E-state index contributed by atoms with van der Waals surface area (Å²) in [6.07, 6.45) is 1.93. The van der Waals surface area contributed by atoms with Gasteiger partial charge in [-0.15, -0.1) is 0 Å². The van der Waals surface area contributed by atoms with Gasteiger partial charge in [0.25, 0.3) is 0 Å². The third-order valence-corrected chi connectivity index (χ3v) is 4.46. The SMILES string of the molecule is Cc1nsc(Sc2ncc(CNC(C)C)cc2C)n1. The third kappa shape index (κ3) is 4.26. The molecular formula is C13H18N4S2. The highest BCUT2D eigenvalue weighted by Crippen LogP contribution is 2.29. The molecule has 0 aliphatic rings. The lowest BCUT2D eigenvalue weighted by Gasteiger charge is -2.09. The molecule has 19 heavy (non-hydrogen) atoms. The summed E-state index contributed by atoms with van der Waals surface area (Å²) in [4.78, 5) is 8.87. The molecule has 0 aromatic carbocycles. The third-order valence-electron chi connectivity index (χ3n) is 2.49. The predicted molar refractivity (Wildman–Crippen MR) is 79.7 cm³/mol. The van der Waals surface area contributed by atoms with Gasteiger partial charge in [0.15, 0.2) is 4.34 Å². The van der Waals surface area contributed by atoms with Crippen LogP contribution in [0.15, 0.2) is 21.6 Å². The van der Waals surface area contributed by atoms with E-state index in [0.717, 1.165) is 21.7 Å². The number of aromatic nitrogens is 3. The maximum absolute atomic E-state index is 4.52. The Balaban J connectivity index is 2.06. The average Bonchev–Trinajstić information content (AvgIpc) is 2.75. The van der Waals surface area contributed by atoms with Crippen molar-refractivity contribution in [3.63, 3.8) is 0 Å². The Morgan fingerprint density at radius 1 is 1.37 bits per heavy atom. The summed E-state index contributed by atoms with van der Waals surface area (Å²) in [6.45, 7) is 9.13. The minimum Gasteiger partial charge on any atom is -0.310 e. The van der Waals surface area contributed by atoms with Crippen molar-refractivity contribution in [2.24, 2.45) is 0 Å². The molecule has 0 unspecified atom stereocenters. The van der Waals surface area contributed by atoms with Gasteiger partial charge in [-0.1, -0.05) is 19.9 Å². The average molecular weight is 294 g/mol. The molecule has 6 heteroatoms. The summed E-state index contributed by atoms with van der Waals surface area (Å²) in [7, 11) is 0. The van der Waals surface area contributed by atoms with Crippen LogP contribution in [-0.4, -0.2) is 20.4 Å². The molecule has 1 N–H and O–H groups in total. The smallest absolute Gasteiger partial charge is 0.176 e. The largest absolute Gasteiger partial charge is 0.310 e. The Morgan fingerprint density at radius 3 is 2.74 bits per heavy atom. The van der Waals surface area contributed by atoms with Crippen LogP contribution < -0.4 is 5.32 Å². The second kappa shape index (κ2) is 6.45. The van der Waals surface area contributed by atoms with E-state index in [2.05, 4.69) is 46.5 Å². The second-order valence-electron chi connectivity index (χ2n) is 4.71. The molecule has 0 amide bonds. The summed E-state index contributed by atoms with van der Waals surface area (Å²) in [5, 5.41) is 4.40. The van der Waals surface area contributed by atoms with Crippen molar-refractivity contribution in [2.75, 3.05) is 0 Å². The van der Waals surface area contributed by atoms with Crippen LogP contribution in [0.25, 0.3) is 0 Å². The molecule has 0 atom stereocenters. The lowest BCUT2D eigenvalue weighted by molar-refractivity contribution is 0.587. The lowest BCUT2D eigenvalue weighted by Crippen LogP contribution is -2.21. The highest BCUT2D eigenvalue weighted by Gasteiger charge is 2.08. The first kappa shape index (κ1) is 14.4. The van der Waals surface area contributed by atoms with Crippen molar-refractivity contribution >= 4 is 23.3 Å². The van der Waals surface area contributed by atoms with E-state index in [1.54, 1.807) is 11.8 Å². The van der Waals surface area contributed by atoms with Crippen molar-refractivity contribution in [1.82, 2.24) is 19.7 Å². The minimum absolute atomic E-state index is 0.485. The van der Waals surface area contributed by atoms with Gasteiger partial charge < -0.3 is 5.32 Å². The molecular weight excluding hydrogens is 276 g/mol. The van der Waals surface area contributed by atoms with E-state index in [-0.39, 0.29) is 0 Å². The highest BCUT2D eigenvalue weighted by molar-refractivity contribution is 8.00. The molecule has 2 rings (SSSR count). The van der Waals surface area contributed by atoms with Crippen molar-refractivity contribution < 1.29 is 0 Å². The minimum atomic E-state index is 0.485. The molecule has 2 aromatic heterocycles. The van der Waals surface area contributed by atoms with Gasteiger partial charge in [0.2, 0.25) is 0 Å². The maximum atomic E-state index is 4.52. The number of rotatable bonds is 5. The van der Waals surface area contributed by atoms with E-state index in [1.807, 2.05) is 13.1 Å². The fraction of sp³-hybridized carbons (Fsp3) is 0.462. The number of aryl methyl sites for hydroxylation is 2. The van der Waals surface area contributed by atoms with E-state index < -0.39 is 0 Å². The molecule has 102 valence electrons. The van der Waals surface area contributed by atoms with Gasteiger partial charge in [-0.3, -0.25) is 0 Å². The first-order valence-corrected chi connectivity index (χ1v) is 7.80. The zero-order chi connectivity index (χ0) is 13.8. The molecule has 0 aliphatic heterocycles. The van der Waals surface area contributed by atoms with Crippen LogP contribution in [0.3, 0.4) is 0 Å². The summed E-state index contributed by atoms with van der Waals surface area (Å²) >= 11 is 3.00. The fourth-order valence-corrected chi connectivity index (χ4v) is 3.14. The van der Waals surface area contributed by atoms with E-state index >= 15 is 0 Å². The maximum Gasteiger partial charge on any atom is 0.176 e. The summed E-state index contributed by atoms with van der Waals surface area (Å²) in [5.41, 5.74) is 2.39. The molecule has 4 nitrogen and oxygen atoms in total. The van der Waals surface area contributed by atoms with E-state index in [4.69, 9.17) is 0 Å². The van der Waals surface area contributed by atoms with Crippen LogP contribution in [0, 0.1) is 13.8 Å². The van der Waals surface area contributed by atoms with Gasteiger partial charge in [0.05, 0.1) is 0 Å². The molecule has 0 radical (unpaired) electrons. The fourth-order valence-electron chi connectivity index (χ4n) is 1.55. The van der Waals surface area contributed by atoms with Crippen molar-refractivity contribution in [1.29, 1.82) is 0 Å². The highest BCUT2D eigenvalue weighted by atomic mass is 32.2. The molecule has 2 heterocycles. The standard InChI is InChI=1S/C13H18N4S2/c1-8(2)14-6-11-5-9(3)12(15-7-11)18-13-16-10(4)17-19-13/h5,7-8,14H,6H2,1-4H3. The second-order valence-corrected chi connectivity index (χ2v) is 6.70. The monoisotopic (exact) mass is 294 g/mol. The van der Waals surface area contributed by atoms with Crippen LogP contribution in [-0.2, 0) is 6.54 Å². The molecule has 0 bridgehead atoms. The summed E-state index contributed by atoms with van der Waals surface area (Å²) < 4.78 is 5.13. The van der Waals surface area contributed by atoms with Crippen LogP contribution in [0.5, 0.6) is 0 Å². The van der Waals surface area contributed by atoms with Crippen LogP contribution >= 0.6 is 23.3 Å². The molecule has 0 aliphatic carbocycles. The Kier molecular flexibility index (Phi) is 4.90. The van der Waals surface area contributed by atoms with Crippen LogP contribution in [0.4, 0.5) is 0 Å². The molecule has 0 saturated heterocycles. The normalized spacial score (nSPS) is 11.2. The number of nitrogens with one attached hydrogen (secondary N) is 1. The van der Waals surface area contributed by atoms with Gasteiger partial charge in [-0.25, -0.2) is 9.97 Å². The predicted octanol–water partition coefficient (Wildman–Crippen LogP) is 3.20. The van der Waals surface area contributed by atoms with Crippen LogP contribution in [0.1, 0.15) is 30.8 Å². The van der Waals surface area contributed by atoms with Gasteiger partial charge in [0, 0.05) is 18.8 Å². The molecule has 2 aromatic rings. The first-order valence-electron chi connectivity index (χ1n) is 6.21. The summed E-state index contributed by atoms with van der Waals surface area (Å²) in [5.74, 6) is 0.822. The Hall–Kier alpha value is -0.980. The van der Waals surface area contributed by atoms with Gasteiger partial charge in [0.1, 0.15) is 10.9 Å². The van der Waals surface area contributed by atoms with Crippen molar-refractivity contribution in [2.45, 2.75) is 49.6 Å². The molecule has 0 saturated carbocycles. The summed E-state index contributed by atoms with van der Waals surface area (Å²) in [6, 6.07) is 2.66. The first-order chi connectivity index (χ1) is 9.04. The molecule has 0 fully saturated rings. The number of pyridine rings is 1. The Bertz CT molecular complexity index is 551. The lowest BCUT2D eigenvalue weighted by atomic mass is 10.2. The quantitative estimate of drug-likeness (QED) is 0.917. The van der Waals surface area contributed by atoms with Crippen molar-refractivity contribution in [3.05, 3.63) is 29.2 Å². The van der Waals surface area contributed by atoms with Gasteiger partial charge in [-0.05, 0) is 48.3 Å².